The Morgan fingerprint density at radius 2 is 1.93 bits per heavy atom. The molecular formula is C22H17Cl2FN4. The minimum absolute atomic E-state index is 0.0277. The molecule has 3 heterocycles. The molecule has 0 amide bonds. The van der Waals surface area contributed by atoms with Crippen LogP contribution < -0.4 is 0 Å². The number of rotatable bonds is 2. The van der Waals surface area contributed by atoms with E-state index >= 15 is 4.39 Å². The molecule has 0 radical (unpaired) electrons. The van der Waals surface area contributed by atoms with E-state index in [1.807, 2.05) is 30.3 Å². The van der Waals surface area contributed by atoms with Gasteiger partial charge in [0.1, 0.15) is 12.1 Å². The summed E-state index contributed by atoms with van der Waals surface area (Å²) in [5, 5.41) is 5.18. The van der Waals surface area contributed by atoms with E-state index in [-0.39, 0.29) is 11.7 Å². The van der Waals surface area contributed by atoms with Gasteiger partial charge >= 0.3 is 0 Å². The van der Waals surface area contributed by atoms with Crippen molar-refractivity contribution < 1.29 is 4.39 Å². The molecule has 0 saturated carbocycles. The molecule has 0 bridgehead atoms. The quantitative estimate of drug-likeness (QED) is 0.429. The molecule has 1 unspecified atom stereocenters. The maximum absolute atomic E-state index is 15.2. The lowest BCUT2D eigenvalue weighted by Gasteiger charge is -2.33. The highest BCUT2D eigenvalue weighted by molar-refractivity contribution is 6.42. The smallest absolute Gasteiger partial charge is 0.155 e. The maximum atomic E-state index is 15.2. The van der Waals surface area contributed by atoms with Crippen LogP contribution in [0.3, 0.4) is 0 Å². The van der Waals surface area contributed by atoms with Crippen LogP contribution in [0.4, 0.5) is 4.39 Å². The highest BCUT2D eigenvalue weighted by atomic mass is 35.5. The van der Waals surface area contributed by atoms with Crippen LogP contribution in [0.5, 0.6) is 0 Å². The minimum Gasteiger partial charge on any atom is -0.301 e. The van der Waals surface area contributed by atoms with Crippen LogP contribution in [0.25, 0.3) is 16.8 Å². The number of benzene rings is 2. The zero-order valence-corrected chi connectivity index (χ0v) is 17.1. The van der Waals surface area contributed by atoms with Crippen molar-refractivity contribution in [3.63, 3.8) is 0 Å². The van der Waals surface area contributed by atoms with Crippen molar-refractivity contribution in [3.8, 4) is 11.1 Å². The number of likely N-dealkylation sites (N-methyl/N-ethyl adjacent to an activating group) is 1. The molecule has 4 nitrogen and oxygen atoms in total. The first-order valence-electron chi connectivity index (χ1n) is 9.25. The normalized spacial score (nSPS) is 16.9. The van der Waals surface area contributed by atoms with Gasteiger partial charge in [0.25, 0.3) is 0 Å². The third-order valence-corrected chi connectivity index (χ3v) is 6.21. The minimum atomic E-state index is -0.252. The molecule has 29 heavy (non-hydrogen) atoms. The van der Waals surface area contributed by atoms with Gasteiger partial charge in [-0.05, 0) is 60.1 Å². The number of nitrogens with zero attached hydrogens (tertiary/aromatic N) is 4. The summed E-state index contributed by atoms with van der Waals surface area (Å²) in [4.78, 5) is 6.38. The van der Waals surface area contributed by atoms with Gasteiger partial charge in [-0.3, -0.25) is 0 Å². The Morgan fingerprint density at radius 3 is 2.76 bits per heavy atom. The van der Waals surface area contributed by atoms with Gasteiger partial charge in [0.15, 0.2) is 5.65 Å². The maximum Gasteiger partial charge on any atom is 0.155 e. The van der Waals surface area contributed by atoms with Crippen LogP contribution >= 0.6 is 23.2 Å². The van der Waals surface area contributed by atoms with E-state index in [2.05, 4.69) is 22.0 Å². The van der Waals surface area contributed by atoms with Crippen LogP contribution in [0, 0.1) is 5.82 Å². The second kappa shape index (κ2) is 7.10. The predicted octanol–water partition coefficient (Wildman–Crippen LogP) is 5.42. The molecule has 2 aromatic heterocycles. The molecule has 5 rings (SSSR count). The zero-order valence-electron chi connectivity index (χ0n) is 15.6. The molecule has 1 aliphatic heterocycles. The summed E-state index contributed by atoms with van der Waals surface area (Å²) in [6.45, 7) is 1.54. The van der Waals surface area contributed by atoms with E-state index in [0.717, 1.165) is 41.0 Å². The predicted molar refractivity (Wildman–Crippen MR) is 113 cm³/mol. The van der Waals surface area contributed by atoms with E-state index in [0.29, 0.717) is 15.6 Å². The van der Waals surface area contributed by atoms with Crippen molar-refractivity contribution in [3.05, 3.63) is 87.5 Å². The summed E-state index contributed by atoms with van der Waals surface area (Å²) in [6, 6.07) is 13.0. The molecule has 146 valence electrons. The van der Waals surface area contributed by atoms with Crippen LogP contribution in [0.15, 0.2) is 55.0 Å². The van der Waals surface area contributed by atoms with Crippen molar-refractivity contribution >= 4 is 28.8 Å². The van der Waals surface area contributed by atoms with Crippen molar-refractivity contribution in [2.45, 2.75) is 12.5 Å². The van der Waals surface area contributed by atoms with Crippen molar-refractivity contribution in [1.29, 1.82) is 0 Å². The SMILES string of the molecule is CN1Cc2cc(-c3ccc4ncnn4c3)c(F)cc2C(c2ccc(Cl)c(Cl)c2)C1. The summed E-state index contributed by atoms with van der Waals surface area (Å²) in [5.74, 6) is -0.224. The Bertz CT molecular complexity index is 1240. The molecule has 1 aliphatic rings. The fraction of sp³-hybridized carbons (Fsp3) is 0.182. The summed E-state index contributed by atoms with van der Waals surface area (Å²) in [6.07, 6.45) is 3.29. The highest BCUT2D eigenvalue weighted by Crippen LogP contribution is 2.38. The Hall–Kier alpha value is -2.47. The Morgan fingerprint density at radius 1 is 1.07 bits per heavy atom. The third-order valence-electron chi connectivity index (χ3n) is 5.47. The second-order valence-corrected chi connectivity index (χ2v) is 8.25. The molecule has 1 atom stereocenters. The van der Waals surface area contributed by atoms with Gasteiger partial charge in [-0.15, -0.1) is 0 Å². The molecule has 7 heteroatoms. The number of aromatic nitrogens is 3. The fourth-order valence-electron chi connectivity index (χ4n) is 4.07. The van der Waals surface area contributed by atoms with E-state index in [1.54, 1.807) is 22.8 Å². The van der Waals surface area contributed by atoms with E-state index in [9.17, 15) is 0 Å². The standard InChI is InChI=1S/C22H17Cl2FN4/c1-28-9-15-6-17(14-3-5-22-26-12-27-29(22)10-14)21(25)8-16(15)18(11-28)13-2-4-19(23)20(24)7-13/h2-8,10,12,18H,9,11H2,1H3. The Labute approximate surface area is 177 Å². The van der Waals surface area contributed by atoms with Crippen molar-refractivity contribution in [1.82, 2.24) is 19.5 Å². The number of fused-ring (bicyclic) bond motifs is 2. The third kappa shape index (κ3) is 3.29. The molecule has 0 aliphatic carbocycles. The zero-order chi connectivity index (χ0) is 20.1. The summed E-state index contributed by atoms with van der Waals surface area (Å²) in [5.41, 5.74) is 5.18. The lowest BCUT2D eigenvalue weighted by Crippen LogP contribution is -2.31. The molecule has 0 spiro atoms. The number of hydrogen-bond acceptors (Lipinski definition) is 3. The van der Waals surface area contributed by atoms with Crippen molar-refractivity contribution in [2.75, 3.05) is 13.6 Å². The van der Waals surface area contributed by atoms with Gasteiger partial charge < -0.3 is 4.90 Å². The van der Waals surface area contributed by atoms with Gasteiger partial charge in [-0.25, -0.2) is 13.9 Å². The lowest BCUT2D eigenvalue weighted by molar-refractivity contribution is 0.294. The summed E-state index contributed by atoms with van der Waals surface area (Å²) in [7, 11) is 2.07. The van der Waals surface area contributed by atoms with Crippen LogP contribution in [0.1, 0.15) is 22.6 Å². The largest absolute Gasteiger partial charge is 0.301 e. The average molecular weight is 427 g/mol. The van der Waals surface area contributed by atoms with Crippen LogP contribution in [0.2, 0.25) is 10.0 Å². The molecule has 0 N–H and O–H groups in total. The van der Waals surface area contributed by atoms with E-state index < -0.39 is 0 Å². The second-order valence-electron chi connectivity index (χ2n) is 7.43. The summed E-state index contributed by atoms with van der Waals surface area (Å²) >= 11 is 12.3. The fourth-order valence-corrected chi connectivity index (χ4v) is 4.38. The Kier molecular flexibility index (Phi) is 4.54. The number of pyridine rings is 1. The number of halogens is 3. The van der Waals surface area contributed by atoms with E-state index in [1.165, 1.54) is 6.33 Å². The molecule has 0 saturated heterocycles. The first-order chi connectivity index (χ1) is 14.0. The molecule has 2 aromatic carbocycles. The lowest BCUT2D eigenvalue weighted by atomic mass is 9.83. The first-order valence-corrected chi connectivity index (χ1v) is 10.0. The van der Waals surface area contributed by atoms with Crippen LogP contribution in [-0.4, -0.2) is 33.1 Å². The van der Waals surface area contributed by atoms with Gasteiger partial charge in [-0.2, -0.15) is 5.10 Å². The molecular weight excluding hydrogens is 410 g/mol. The van der Waals surface area contributed by atoms with Gasteiger partial charge in [0.2, 0.25) is 0 Å². The molecule has 4 aromatic rings. The average Bonchev–Trinajstić information content (AvgIpc) is 3.17. The summed E-state index contributed by atoms with van der Waals surface area (Å²) < 4.78 is 16.9. The first kappa shape index (κ1) is 18.6. The van der Waals surface area contributed by atoms with Crippen molar-refractivity contribution in [2.24, 2.45) is 0 Å². The van der Waals surface area contributed by atoms with Gasteiger partial charge in [-0.1, -0.05) is 29.3 Å². The van der Waals surface area contributed by atoms with Gasteiger partial charge in [0.05, 0.1) is 10.0 Å². The molecule has 0 fully saturated rings. The topological polar surface area (TPSA) is 33.4 Å². The Balaban J connectivity index is 1.62. The monoisotopic (exact) mass is 426 g/mol. The van der Waals surface area contributed by atoms with Crippen LogP contribution in [-0.2, 0) is 6.54 Å². The van der Waals surface area contributed by atoms with Gasteiger partial charge in [0, 0.05) is 36.3 Å². The number of hydrogen-bond donors (Lipinski definition) is 0. The van der Waals surface area contributed by atoms with E-state index in [4.69, 9.17) is 23.2 Å². The highest BCUT2D eigenvalue weighted by Gasteiger charge is 2.27.